The van der Waals surface area contributed by atoms with Crippen molar-refractivity contribution in [3.63, 3.8) is 0 Å². The average Bonchev–Trinajstić information content (AvgIpc) is 2.11. The normalized spacial score (nSPS) is 10.5. The highest BCUT2D eigenvalue weighted by Crippen LogP contribution is 1.90. The third-order valence-electron chi connectivity index (χ3n) is 1.46. The molecular weight excluding hydrogens is 164 g/mol. The van der Waals surface area contributed by atoms with Crippen LogP contribution in [-0.4, -0.2) is 31.4 Å². The lowest BCUT2D eigenvalue weighted by Gasteiger charge is -2.11. The van der Waals surface area contributed by atoms with Gasteiger partial charge < -0.3 is 10.2 Å². The molecule has 1 N–H and O–H groups in total. The molecular formula is C10H16N2O. The lowest BCUT2D eigenvalue weighted by molar-refractivity contribution is -0.127. The Morgan fingerprint density at radius 2 is 2.08 bits per heavy atom. The Balaban J connectivity index is 3.99. The van der Waals surface area contributed by atoms with Gasteiger partial charge in [0.05, 0.1) is 6.54 Å². The van der Waals surface area contributed by atoms with E-state index in [1.807, 2.05) is 0 Å². The van der Waals surface area contributed by atoms with Crippen molar-refractivity contribution in [2.75, 3.05) is 20.6 Å². The van der Waals surface area contributed by atoms with Crippen LogP contribution in [0.25, 0.3) is 0 Å². The Hall–Kier alpha value is -1.51. The summed E-state index contributed by atoms with van der Waals surface area (Å²) in [6.45, 7) is 7.43. The van der Waals surface area contributed by atoms with Crippen LogP contribution < -0.4 is 5.32 Å². The SMILES string of the molecule is C=C/C=C(\C=C)NCC(=O)N(C)C. The molecule has 0 unspecified atom stereocenters. The third-order valence-corrected chi connectivity index (χ3v) is 1.46. The molecule has 0 saturated heterocycles. The summed E-state index contributed by atoms with van der Waals surface area (Å²) >= 11 is 0. The predicted octanol–water partition coefficient (Wildman–Crippen LogP) is 0.920. The first-order valence-electron chi connectivity index (χ1n) is 4.01. The fourth-order valence-corrected chi connectivity index (χ4v) is 0.662. The molecule has 0 aliphatic heterocycles. The number of carbonyl (C=O) groups excluding carboxylic acids is 1. The topological polar surface area (TPSA) is 32.3 Å². The fourth-order valence-electron chi connectivity index (χ4n) is 0.662. The summed E-state index contributed by atoms with van der Waals surface area (Å²) in [5.41, 5.74) is 0.796. The Bertz CT molecular complexity index is 229. The minimum absolute atomic E-state index is 0.0248. The summed E-state index contributed by atoms with van der Waals surface area (Å²) in [7, 11) is 3.43. The molecule has 0 aromatic carbocycles. The Labute approximate surface area is 79.4 Å². The fraction of sp³-hybridized carbons (Fsp3) is 0.300. The lowest BCUT2D eigenvalue weighted by Crippen LogP contribution is -2.32. The van der Waals surface area contributed by atoms with Gasteiger partial charge in [-0.3, -0.25) is 4.79 Å². The Morgan fingerprint density at radius 1 is 1.46 bits per heavy atom. The first-order valence-corrected chi connectivity index (χ1v) is 4.01. The van der Waals surface area contributed by atoms with Gasteiger partial charge in [0.1, 0.15) is 0 Å². The second kappa shape index (κ2) is 6.06. The summed E-state index contributed by atoms with van der Waals surface area (Å²) in [5.74, 6) is 0.0248. The molecule has 0 fully saturated rings. The number of hydrogen-bond donors (Lipinski definition) is 1. The van der Waals surface area contributed by atoms with E-state index in [0.717, 1.165) is 5.70 Å². The zero-order valence-electron chi connectivity index (χ0n) is 8.21. The summed E-state index contributed by atoms with van der Waals surface area (Å²) in [4.78, 5) is 12.7. The Morgan fingerprint density at radius 3 is 2.46 bits per heavy atom. The number of amides is 1. The van der Waals surface area contributed by atoms with E-state index in [1.54, 1.807) is 32.3 Å². The van der Waals surface area contributed by atoms with Gasteiger partial charge in [-0.25, -0.2) is 0 Å². The number of hydrogen-bond acceptors (Lipinski definition) is 2. The van der Waals surface area contributed by atoms with Gasteiger partial charge in [0.25, 0.3) is 0 Å². The average molecular weight is 180 g/mol. The molecule has 72 valence electrons. The number of carbonyl (C=O) groups is 1. The van der Waals surface area contributed by atoms with Crippen molar-refractivity contribution < 1.29 is 4.79 Å². The molecule has 0 spiro atoms. The van der Waals surface area contributed by atoms with Crippen LogP contribution in [-0.2, 0) is 4.79 Å². The van der Waals surface area contributed by atoms with Gasteiger partial charge in [-0.15, -0.1) is 0 Å². The molecule has 13 heavy (non-hydrogen) atoms. The van der Waals surface area contributed by atoms with E-state index < -0.39 is 0 Å². The number of likely N-dealkylation sites (N-methyl/N-ethyl adjacent to an activating group) is 1. The molecule has 3 heteroatoms. The van der Waals surface area contributed by atoms with Crippen molar-refractivity contribution in [3.05, 3.63) is 37.1 Å². The monoisotopic (exact) mass is 180 g/mol. The quantitative estimate of drug-likeness (QED) is 0.638. The maximum absolute atomic E-state index is 11.1. The molecule has 0 saturated carbocycles. The summed E-state index contributed by atoms with van der Waals surface area (Å²) < 4.78 is 0. The molecule has 0 aromatic heterocycles. The highest BCUT2D eigenvalue weighted by Gasteiger charge is 2.01. The van der Waals surface area contributed by atoms with Crippen LogP contribution in [0.3, 0.4) is 0 Å². The second-order valence-corrected chi connectivity index (χ2v) is 2.70. The van der Waals surface area contributed by atoms with Crippen molar-refractivity contribution in [2.45, 2.75) is 0 Å². The van der Waals surface area contributed by atoms with Crippen LogP contribution in [0.1, 0.15) is 0 Å². The lowest BCUT2D eigenvalue weighted by atomic mass is 10.3. The van der Waals surface area contributed by atoms with Gasteiger partial charge in [-0.2, -0.15) is 0 Å². The largest absolute Gasteiger partial charge is 0.376 e. The molecule has 0 radical (unpaired) electrons. The molecule has 0 aromatic rings. The van der Waals surface area contributed by atoms with Crippen LogP contribution in [0.4, 0.5) is 0 Å². The molecule has 0 heterocycles. The zero-order chi connectivity index (χ0) is 10.3. The third kappa shape index (κ3) is 4.85. The highest BCUT2D eigenvalue weighted by atomic mass is 16.2. The number of rotatable bonds is 5. The molecule has 0 bridgehead atoms. The van der Waals surface area contributed by atoms with E-state index in [1.165, 1.54) is 4.90 Å². The van der Waals surface area contributed by atoms with Gasteiger partial charge in [0.2, 0.25) is 5.91 Å². The van der Waals surface area contributed by atoms with Crippen molar-refractivity contribution in [2.24, 2.45) is 0 Å². The van der Waals surface area contributed by atoms with E-state index in [2.05, 4.69) is 18.5 Å². The van der Waals surface area contributed by atoms with E-state index in [9.17, 15) is 4.79 Å². The van der Waals surface area contributed by atoms with Gasteiger partial charge in [-0.05, 0) is 12.2 Å². The smallest absolute Gasteiger partial charge is 0.241 e. The summed E-state index contributed by atoms with van der Waals surface area (Å²) in [6, 6.07) is 0. The first-order chi connectivity index (χ1) is 6.11. The molecule has 0 aliphatic rings. The van der Waals surface area contributed by atoms with E-state index in [0.29, 0.717) is 0 Å². The maximum atomic E-state index is 11.1. The van der Waals surface area contributed by atoms with Crippen molar-refractivity contribution in [1.29, 1.82) is 0 Å². The van der Waals surface area contributed by atoms with Crippen molar-refractivity contribution >= 4 is 5.91 Å². The van der Waals surface area contributed by atoms with Gasteiger partial charge in [0, 0.05) is 19.8 Å². The van der Waals surface area contributed by atoms with Gasteiger partial charge >= 0.3 is 0 Å². The molecule has 3 nitrogen and oxygen atoms in total. The standard InChI is InChI=1S/C10H16N2O/c1-5-7-9(6-2)11-8-10(13)12(3)4/h5-7,11H,1-2,8H2,3-4H3/b9-7+. The number of nitrogens with one attached hydrogen (secondary N) is 1. The van der Waals surface area contributed by atoms with Crippen molar-refractivity contribution in [3.8, 4) is 0 Å². The minimum Gasteiger partial charge on any atom is -0.376 e. The maximum Gasteiger partial charge on any atom is 0.241 e. The van der Waals surface area contributed by atoms with Gasteiger partial charge in [-0.1, -0.05) is 19.2 Å². The van der Waals surface area contributed by atoms with Crippen LogP contribution >= 0.6 is 0 Å². The first kappa shape index (κ1) is 11.5. The minimum atomic E-state index is 0.0248. The van der Waals surface area contributed by atoms with Gasteiger partial charge in [0.15, 0.2) is 0 Å². The van der Waals surface area contributed by atoms with Crippen LogP contribution in [0.2, 0.25) is 0 Å². The van der Waals surface area contributed by atoms with Crippen molar-refractivity contribution in [1.82, 2.24) is 10.2 Å². The molecule has 0 aliphatic carbocycles. The van der Waals surface area contributed by atoms with E-state index in [-0.39, 0.29) is 12.5 Å². The molecule has 1 amide bonds. The van der Waals surface area contributed by atoms with E-state index in [4.69, 9.17) is 0 Å². The highest BCUT2D eigenvalue weighted by molar-refractivity contribution is 5.77. The zero-order valence-corrected chi connectivity index (χ0v) is 8.21. The molecule has 0 atom stereocenters. The summed E-state index contributed by atoms with van der Waals surface area (Å²) in [6.07, 6.45) is 5.05. The predicted molar refractivity (Wildman–Crippen MR) is 55.2 cm³/mol. The number of nitrogens with zero attached hydrogens (tertiary/aromatic N) is 1. The van der Waals surface area contributed by atoms with Crippen LogP contribution in [0.5, 0.6) is 0 Å². The number of allylic oxidation sites excluding steroid dienone is 3. The molecule has 0 rings (SSSR count). The Kier molecular flexibility index (Phi) is 5.35. The van der Waals surface area contributed by atoms with E-state index >= 15 is 0 Å². The summed E-state index contributed by atoms with van der Waals surface area (Å²) in [5, 5.41) is 2.93. The van der Waals surface area contributed by atoms with Crippen LogP contribution in [0.15, 0.2) is 37.1 Å². The van der Waals surface area contributed by atoms with Crippen LogP contribution in [0, 0.1) is 0 Å². The second-order valence-electron chi connectivity index (χ2n) is 2.70.